The van der Waals surface area contributed by atoms with Gasteiger partial charge in [0.1, 0.15) is 0 Å². The summed E-state index contributed by atoms with van der Waals surface area (Å²) in [6, 6.07) is 1.76. The molecule has 0 aromatic carbocycles. The summed E-state index contributed by atoms with van der Waals surface area (Å²) >= 11 is 0. The van der Waals surface area contributed by atoms with Crippen LogP contribution in [-0.4, -0.2) is 36.6 Å². The van der Waals surface area contributed by atoms with Crippen molar-refractivity contribution in [2.45, 2.75) is 70.9 Å². The van der Waals surface area contributed by atoms with E-state index in [9.17, 15) is 0 Å². The van der Waals surface area contributed by atoms with Gasteiger partial charge in [0, 0.05) is 12.1 Å². The van der Waals surface area contributed by atoms with E-state index in [4.69, 9.17) is 0 Å². The molecule has 1 atom stereocenters. The fourth-order valence-corrected chi connectivity index (χ4v) is 3.09. The van der Waals surface area contributed by atoms with Crippen LogP contribution in [0.1, 0.15) is 58.8 Å². The molecule has 0 aromatic rings. The molecular weight excluding hydrogens is 208 g/mol. The third kappa shape index (κ3) is 4.59. The highest BCUT2D eigenvalue weighted by Gasteiger charge is 2.26. The van der Waals surface area contributed by atoms with Gasteiger partial charge in [0.05, 0.1) is 0 Å². The molecule has 0 spiro atoms. The van der Waals surface area contributed by atoms with Crippen LogP contribution in [0, 0.1) is 5.92 Å². The minimum Gasteiger partial charge on any atom is -0.314 e. The Morgan fingerprint density at radius 3 is 2.65 bits per heavy atom. The Bertz CT molecular complexity index is 211. The average Bonchev–Trinajstić information content (AvgIpc) is 2.99. The molecule has 0 bridgehead atoms. The molecule has 2 rings (SSSR count). The van der Waals surface area contributed by atoms with E-state index in [1.165, 1.54) is 64.6 Å². The maximum Gasteiger partial charge on any atom is 0.0119 e. The molecule has 2 fully saturated rings. The van der Waals surface area contributed by atoms with Crippen LogP contribution >= 0.6 is 0 Å². The number of hydrogen-bond acceptors (Lipinski definition) is 2. The van der Waals surface area contributed by atoms with Crippen molar-refractivity contribution < 1.29 is 0 Å². The van der Waals surface area contributed by atoms with Gasteiger partial charge in [0.25, 0.3) is 0 Å². The lowest BCUT2D eigenvalue weighted by Gasteiger charge is -2.27. The predicted molar refractivity (Wildman–Crippen MR) is 74.3 cm³/mol. The summed E-state index contributed by atoms with van der Waals surface area (Å²) in [5.41, 5.74) is 0. The number of nitrogens with one attached hydrogen (secondary N) is 1. The van der Waals surface area contributed by atoms with Gasteiger partial charge >= 0.3 is 0 Å². The molecule has 2 nitrogen and oxygen atoms in total. The summed E-state index contributed by atoms with van der Waals surface area (Å²) in [7, 11) is 0. The van der Waals surface area contributed by atoms with Crippen LogP contribution in [0.5, 0.6) is 0 Å². The highest BCUT2D eigenvalue weighted by molar-refractivity contribution is 4.82. The Hall–Kier alpha value is -0.0800. The van der Waals surface area contributed by atoms with E-state index in [2.05, 4.69) is 24.1 Å². The van der Waals surface area contributed by atoms with Gasteiger partial charge in [-0.3, -0.25) is 0 Å². The van der Waals surface area contributed by atoms with Crippen molar-refractivity contribution in [2.24, 2.45) is 5.92 Å². The van der Waals surface area contributed by atoms with E-state index in [0.717, 1.165) is 18.0 Å². The quantitative estimate of drug-likeness (QED) is 0.654. The Labute approximate surface area is 107 Å². The second kappa shape index (κ2) is 6.75. The molecule has 17 heavy (non-hydrogen) atoms. The first-order chi connectivity index (χ1) is 8.27. The summed E-state index contributed by atoms with van der Waals surface area (Å²) in [6.07, 6.45) is 9.87. The Kier molecular flexibility index (Phi) is 5.30. The van der Waals surface area contributed by atoms with Gasteiger partial charge in [-0.25, -0.2) is 0 Å². The third-order valence-corrected chi connectivity index (χ3v) is 4.32. The summed E-state index contributed by atoms with van der Waals surface area (Å²) in [5, 5.41) is 3.60. The van der Waals surface area contributed by atoms with E-state index in [1.807, 2.05) is 0 Å². The molecule has 1 saturated carbocycles. The average molecular weight is 238 g/mol. The van der Waals surface area contributed by atoms with E-state index >= 15 is 0 Å². The second-order valence-corrected chi connectivity index (χ2v) is 6.28. The van der Waals surface area contributed by atoms with E-state index in [0.29, 0.717) is 0 Å². The molecule has 100 valence electrons. The van der Waals surface area contributed by atoms with Crippen molar-refractivity contribution in [1.82, 2.24) is 10.2 Å². The second-order valence-electron chi connectivity index (χ2n) is 6.28. The van der Waals surface area contributed by atoms with Gasteiger partial charge in [-0.1, -0.05) is 20.3 Å². The van der Waals surface area contributed by atoms with Crippen LogP contribution in [0.2, 0.25) is 0 Å². The lowest BCUT2D eigenvalue weighted by molar-refractivity contribution is 0.203. The number of likely N-dealkylation sites (tertiary alicyclic amines) is 1. The fourth-order valence-electron chi connectivity index (χ4n) is 3.09. The SMILES string of the molecule is CC(C)C1CCCN1CCCCCNC1CC1. The highest BCUT2D eigenvalue weighted by atomic mass is 15.2. The lowest BCUT2D eigenvalue weighted by atomic mass is 10.0. The van der Waals surface area contributed by atoms with Crippen molar-refractivity contribution >= 4 is 0 Å². The first-order valence-electron chi connectivity index (χ1n) is 7.75. The maximum atomic E-state index is 3.60. The van der Waals surface area contributed by atoms with Crippen LogP contribution in [-0.2, 0) is 0 Å². The maximum absolute atomic E-state index is 3.60. The van der Waals surface area contributed by atoms with Gasteiger partial charge < -0.3 is 10.2 Å². The Morgan fingerprint density at radius 2 is 1.94 bits per heavy atom. The smallest absolute Gasteiger partial charge is 0.0119 e. The molecule has 0 amide bonds. The van der Waals surface area contributed by atoms with Crippen LogP contribution in [0.25, 0.3) is 0 Å². The van der Waals surface area contributed by atoms with E-state index in [-0.39, 0.29) is 0 Å². The zero-order chi connectivity index (χ0) is 12.1. The summed E-state index contributed by atoms with van der Waals surface area (Å²) < 4.78 is 0. The topological polar surface area (TPSA) is 15.3 Å². The third-order valence-electron chi connectivity index (χ3n) is 4.32. The molecule has 1 N–H and O–H groups in total. The van der Waals surface area contributed by atoms with Gasteiger partial charge in [-0.15, -0.1) is 0 Å². The van der Waals surface area contributed by atoms with Gasteiger partial charge in [0.2, 0.25) is 0 Å². The number of nitrogens with zero attached hydrogens (tertiary/aromatic N) is 1. The van der Waals surface area contributed by atoms with Crippen LogP contribution in [0.4, 0.5) is 0 Å². The Morgan fingerprint density at radius 1 is 1.12 bits per heavy atom. The molecule has 0 aromatic heterocycles. The molecule has 1 unspecified atom stereocenters. The number of hydrogen-bond donors (Lipinski definition) is 1. The molecule has 2 heteroatoms. The fraction of sp³-hybridized carbons (Fsp3) is 1.00. The van der Waals surface area contributed by atoms with E-state index in [1.54, 1.807) is 0 Å². The Balaban J connectivity index is 1.48. The molecule has 1 saturated heterocycles. The largest absolute Gasteiger partial charge is 0.314 e. The predicted octanol–water partition coefficient (Wildman–Crippen LogP) is 3.03. The van der Waals surface area contributed by atoms with Crippen LogP contribution < -0.4 is 5.32 Å². The summed E-state index contributed by atoms with van der Waals surface area (Å²) in [4.78, 5) is 2.74. The van der Waals surface area contributed by atoms with Gasteiger partial charge in [-0.05, 0) is 64.1 Å². The molecule has 1 aliphatic heterocycles. The summed E-state index contributed by atoms with van der Waals surface area (Å²) in [5.74, 6) is 0.842. The van der Waals surface area contributed by atoms with Crippen molar-refractivity contribution in [2.75, 3.05) is 19.6 Å². The normalized spacial score (nSPS) is 25.9. The monoisotopic (exact) mass is 238 g/mol. The minimum atomic E-state index is 0.842. The zero-order valence-corrected chi connectivity index (χ0v) is 11.8. The molecule has 1 heterocycles. The summed E-state index contributed by atoms with van der Waals surface area (Å²) in [6.45, 7) is 8.69. The first-order valence-corrected chi connectivity index (χ1v) is 7.75. The van der Waals surface area contributed by atoms with Crippen LogP contribution in [0.3, 0.4) is 0 Å². The molecular formula is C15H30N2. The number of unbranched alkanes of at least 4 members (excludes halogenated alkanes) is 2. The molecule has 0 radical (unpaired) electrons. The lowest BCUT2D eigenvalue weighted by Crippen LogP contribution is -2.34. The number of rotatable bonds is 8. The van der Waals surface area contributed by atoms with E-state index < -0.39 is 0 Å². The standard InChI is InChI=1S/C15H30N2/c1-13(2)15-7-6-12-17(15)11-5-3-4-10-16-14-8-9-14/h13-16H,3-12H2,1-2H3. The van der Waals surface area contributed by atoms with Crippen molar-refractivity contribution in [3.63, 3.8) is 0 Å². The van der Waals surface area contributed by atoms with Crippen molar-refractivity contribution in [3.8, 4) is 0 Å². The highest BCUT2D eigenvalue weighted by Crippen LogP contribution is 2.24. The molecule has 1 aliphatic carbocycles. The van der Waals surface area contributed by atoms with Gasteiger partial charge in [0.15, 0.2) is 0 Å². The van der Waals surface area contributed by atoms with Crippen LogP contribution in [0.15, 0.2) is 0 Å². The van der Waals surface area contributed by atoms with Crippen molar-refractivity contribution in [3.05, 3.63) is 0 Å². The zero-order valence-electron chi connectivity index (χ0n) is 11.8. The first kappa shape index (κ1) is 13.4. The van der Waals surface area contributed by atoms with Crippen molar-refractivity contribution in [1.29, 1.82) is 0 Å². The minimum absolute atomic E-state index is 0.842. The molecule has 2 aliphatic rings. The van der Waals surface area contributed by atoms with Gasteiger partial charge in [-0.2, -0.15) is 0 Å².